The lowest BCUT2D eigenvalue weighted by Gasteiger charge is -2.12. The van der Waals surface area contributed by atoms with Gasteiger partial charge in [0, 0.05) is 12.0 Å². The average molecular weight is 189 g/mol. The Morgan fingerprint density at radius 1 is 1.67 bits per heavy atom. The molecule has 0 aromatic rings. The molecular formula is C5H11Cl2OP. The first-order valence-electron chi connectivity index (χ1n) is 2.86. The molecule has 0 spiro atoms. The SMILES string of the molecule is CCP(Cl)OC(C)CCl. The maximum atomic E-state index is 5.72. The summed E-state index contributed by atoms with van der Waals surface area (Å²) in [5.74, 6) is 0.519. The van der Waals surface area contributed by atoms with E-state index in [4.69, 9.17) is 27.4 Å². The summed E-state index contributed by atoms with van der Waals surface area (Å²) in [4.78, 5) is 0. The lowest BCUT2D eigenvalue weighted by Crippen LogP contribution is -2.04. The maximum Gasteiger partial charge on any atom is 0.124 e. The smallest absolute Gasteiger partial charge is 0.124 e. The molecule has 1 nitrogen and oxygen atoms in total. The fraction of sp³-hybridized carbons (Fsp3) is 1.00. The van der Waals surface area contributed by atoms with Crippen LogP contribution in [-0.2, 0) is 4.52 Å². The molecule has 0 N–H and O–H groups in total. The third-order valence-corrected chi connectivity index (χ3v) is 3.24. The fourth-order valence-electron chi connectivity index (χ4n) is 0.298. The van der Waals surface area contributed by atoms with Gasteiger partial charge in [-0.15, -0.1) is 11.6 Å². The molecule has 4 heteroatoms. The Labute approximate surface area is 67.3 Å². The molecular weight excluding hydrogens is 178 g/mol. The summed E-state index contributed by atoms with van der Waals surface area (Å²) in [6.45, 7) is 3.92. The molecule has 0 aromatic carbocycles. The van der Waals surface area contributed by atoms with Gasteiger partial charge in [0.05, 0.1) is 6.10 Å². The van der Waals surface area contributed by atoms with Crippen LogP contribution in [0, 0.1) is 0 Å². The van der Waals surface area contributed by atoms with Gasteiger partial charge in [-0.25, -0.2) is 0 Å². The van der Waals surface area contributed by atoms with Crippen LogP contribution >= 0.6 is 30.3 Å². The van der Waals surface area contributed by atoms with Crippen molar-refractivity contribution in [3.8, 4) is 0 Å². The van der Waals surface area contributed by atoms with Crippen LogP contribution in [0.25, 0.3) is 0 Å². The Hall–Kier alpha value is 0.970. The predicted octanol–water partition coefficient (Wildman–Crippen LogP) is 3.20. The molecule has 0 saturated carbocycles. The summed E-state index contributed by atoms with van der Waals surface area (Å²) in [5, 5.41) is 0. The van der Waals surface area contributed by atoms with Crippen LogP contribution in [0.5, 0.6) is 0 Å². The van der Waals surface area contributed by atoms with E-state index in [0.717, 1.165) is 6.16 Å². The van der Waals surface area contributed by atoms with Crippen molar-refractivity contribution in [3.63, 3.8) is 0 Å². The van der Waals surface area contributed by atoms with Crippen LogP contribution in [0.2, 0.25) is 0 Å². The molecule has 0 amide bonds. The molecule has 56 valence electrons. The largest absolute Gasteiger partial charge is 0.339 e. The first-order valence-corrected chi connectivity index (χ1v) is 5.75. The quantitative estimate of drug-likeness (QED) is 0.487. The van der Waals surface area contributed by atoms with Crippen molar-refractivity contribution in [1.29, 1.82) is 0 Å². The highest BCUT2D eigenvalue weighted by Crippen LogP contribution is 2.42. The van der Waals surface area contributed by atoms with Gasteiger partial charge in [-0.3, -0.25) is 0 Å². The van der Waals surface area contributed by atoms with Crippen LogP contribution in [0.3, 0.4) is 0 Å². The second-order valence-corrected chi connectivity index (χ2v) is 4.62. The van der Waals surface area contributed by atoms with Crippen LogP contribution in [0.1, 0.15) is 13.8 Å². The second-order valence-electron chi connectivity index (χ2n) is 1.70. The van der Waals surface area contributed by atoms with Crippen LogP contribution in [-0.4, -0.2) is 18.1 Å². The van der Waals surface area contributed by atoms with Gasteiger partial charge >= 0.3 is 0 Å². The van der Waals surface area contributed by atoms with E-state index < -0.39 is 7.50 Å². The van der Waals surface area contributed by atoms with Crippen LogP contribution < -0.4 is 0 Å². The zero-order valence-electron chi connectivity index (χ0n) is 5.60. The van der Waals surface area contributed by atoms with E-state index in [1.165, 1.54) is 0 Å². The summed E-state index contributed by atoms with van der Waals surface area (Å²) in [7, 11) is -0.736. The Balaban J connectivity index is 3.22. The highest BCUT2D eigenvalue weighted by molar-refractivity contribution is 7.80. The number of hydrogen-bond acceptors (Lipinski definition) is 1. The van der Waals surface area contributed by atoms with Crippen molar-refractivity contribution >= 4 is 30.3 Å². The molecule has 0 saturated heterocycles. The van der Waals surface area contributed by atoms with Crippen molar-refractivity contribution < 1.29 is 4.52 Å². The minimum Gasteiger partial charge on any atom is -0.339 e. The van der Waals surface area contributed by atoms with E-state index in [1.807, 2.05) is 13.8 Å². The standard InChI is InChI=1S/C5H11Cl2OP/c1-3-9(7)8-5(2)4-6/h5H,3-4H2,1-2H3. The minimum absolute atomic E-state index is 0.0928. The van der Waals surface area contributed by atoms with Gasteiger partial charge in [0.15, 0.2) is 0 Å². The molecule has 0 bridgehead atoms. The first kappa shape index (κ1) is 9.97. The van der Waals surface area contributed by atoms with Gasteiger partial charge in [-0.2, -0.15) is 0 Å². The lowest BCUT2D eigenvalue weighted by atomic mass is 10.5. The second kappa shape index (κ2) is 5.73. The molecule has 0 aromatic heterocycles. The maximum absolute atomic E-state index is 5.72. The van der Waals surface area contributed by atoms with E-state index in [-0.39, 0.29) is 6.10 Å². The zero-order valence-corrected chi connectivity index (χ0v) is 8.01. The first-order chi connectivity index (χ1) is 4.20. The molecule has 0 aliphatic carbocycles. The number of rotatable bonds is 4. The molecule has 0 heterocycles. The molecule has 0 aliphatic heterocycles. The molecule has 0 aliphatic rings. The lowest BCUT2D eigenvalue weighted by molar-refractivity contribution is 0.280. The van der Waals surface area contributed by atoms with Gasteiger partial charge in [-0.05, 0) is 6.92 Å². The van der Waals surface area contributed by atoms with Gasteiger partial charge in [0.25, 0.3) is 0 Å². The third-order valence-electron chi connectivity index (χ3n) is 0.760. The predicted molar refractivity (Wildman–Crippen MR) is 44.6 cm³/mol. The van der Waals surface area contributed by atoms with Crippen molar-refractivity contribution in [2.24, 2.45) is 0 Å². The van der Waals surface area contributed by atoms with E-state index in [0.29, 0.717) is 5.88 Å². The topological polar surface area (TPSA) is 9.23 Å². The van der Waals surface area contributed by atoms with Crippen molar-refractivity contribution in [1.82, 2.24) is 0 Å². The number of alkyl halides is 1. The van der Waals surface area contributed by atoms with Crippen molar-refractivity contribution in [2.45, 2.75) is 20.0 Å². The molecule has 9 heavy (non-hydrogen) atoms. The highest BCUT2D eigenvalue weighted by Gasteiger charge is 2.06. The van der Waals surface area contributed by atoms with E-state index >= 15 is 0 Å². The normalized spacial score (nSPS) is 17.3. The zero-order chi connectivity index (χ0) is 7.28. The van der Waals surface area contributed by atoms with Crippen molar-refractivity contribution in [3.05, 3.63) is 0 Å². The number of halogens is 2. The monoisotopic (exact) mass is 188 g/mol. The summed E-state index contributed by atoms with van der Waals surface area (Å²) in [5.41, 5.74) is 0. The summed E-state index contributed by atoms with van der Waals surface area (Å²) in [6, 6.07) is 0. The summed E-state index contributed by atoms with van der Waals surface area (Å²) < 4.78 is 5.25. The summed E-state index contributed by atoms with van der Waals surface area (Å²) >= 11 is 11.2. The fourth-order valence-corrected chi connectivity index (χ4v) is 1.47. The van der Waals surface area contributed by atoms with E-state index in [1.54, 1.807) is 0 Å². The molecule has 2 unspecified atom stereocenters. The highest BCUT2D eigenvalue weighted by atomic mass is 35.7. The molecule has 2 atom stereocenters. The van der Waals surface area contributed by atoms with Gasteiger partial charge in [0.2, 0.25) is 0 Å². The Morgan fingerprint density at radius 2 is 2.22 bits per heavy atom. The van der Waals surface area contributed by atoms with Gasteiger partial charge in [0.1, 0.15) is 7.50 Å². The third kappa shape index (κ3) is 5.42. The Bertz CT molecular complexity index is 64.0. The van der Waals surface area contributed by atoms with Gasteiger partial charge in [-0.1, -0.05) is 18.2 Å². The van der Waals surface area contributed by atoms with Crippen molar-refractivity contribution in [2.75, 3.05) is 12.0 Å². The molecule has 0 radical (unpaired) electrons. The summed E-state index contributed by atoms with van der Waals surface area (Å²) in [6.07, 6.45) is 0.980. The van der Waals surface area contributed by atoms with E-state index in [2.05, 4.69) is 0 Å². The average Bonchev–Trinajstić information content (AvgIpc) is 1.87. The van der Waals surface area contributed by atoms with Gasteiger partial charge < -0.3 is 4.52 Å². The molecule has 0 rings (SSSR count). The Morgan fingerprint density at radius 3 is 2.56 bits per heavy atom. The number of hydrogen-bond donors (Lipinski definition) is 0. The van der Waals surface area contributed by atoms with Crippen LogP contribution in [0.15, 0.2) is 0 Å². The molecule has 0 fully saturated rings. The minimum atomic E-state index is -0.736. The van der Waals surface area contributed by atoms with Crippen LogP contribution in [0.4, 0.5) is 0 Å². The Kier molecular flexibility index (Phi) is 6.35. The van der Waals surface area contributed by atoms with E-state index in [9.17, 15) is 0 Å².